The number of para-hydroxylation sites is 1. The molecule has 0 amide bonds. The van der Waals surface area contributed by atoms with Crippen LogP contribution in [0.5, 0.6) is 0 Å². The lowest BCUT2D eigenvalue weighted by Crippen LogP contribution is -2.19. The van der Waals surface area contributed by atoms with Crippen LogP contribution in [0.1, 0.15) is 53.9 Å². The van der Waals surface area contributed by atoms with E-state index >= 15 is 0 Å². The normalized spacial score (nSPS) is 12.3. The molecule has 180 valence electrons. The first-order valence-corrected chi connectivity index (χ1v) is 13.0. The number of hydrogen-bond donors (Lipinski definition) is 1. The fourth-order valence-corrected chi connectivity index (χ4v) is 5.31. The lowest BCUT2D eigenvalue weighted by molar-refractivity contribution is 0.310. The number of rotatable bonds is 11. The van der Waals surface area contributed by atoms with Crippen LogP contribution in [0, 0.1) is 0 Å². The second-order valence-corrected chi connectivity index (χ2v) is 9.87. The second kappa shape index (κ2) is 11.1. The minimum Gasteiger partial charge on any atom is -0.320 e. The van der Waals surface area contributed by atoms with Crippen LogP contribution < -0.4 is 5.32 Å². The molecule has 0 aliphatic heterocycles. The number of hydrogen-bond acceptors (Lipinski definition) is 4. The summed E-state index contributed by atoms with van der Waals surface area (Å²) < 4.78 is 0. The summed E-state index contributed by atoms with van der Waals surface area (Å²) in [4.78, 5) is 12.3. The van der Waals surface area contributed by atoms with Gasteiger partial charge in [0.15, 0.2) is 0 Å². The maximum atomic E-state index is 5.04. The number of benzene rings is 3. The lowest BCUT2D eigenvalue weighted by Gasteiger charge is -2.18. The molecule has 5 rings (SSSR count). The summed E-state index contributed by atoms with van der Waals surface area (Å²) in [5.74, 6) is 0.921. The van der Waals surface area contributed by atoms with Gasteiger partial charge < -0.3 is 5.32 Å². The Balaban J connectivity index is 1.25. The Hall–Kier alpha value is -3.08. The number of aryl methyl sites for hydroxylation is 1. The molecule has 0 fully saturated rings. The van der Waals surface area contributed by atoms with Crippen molar-refractivity contribution in [3.63, 3.8) is 0 Å². The van der Waals surface area contributed by atoms with Gasteiger partial charge in [0.05, 0.1) is 17.8 Å². The second-order valence-electron chi connectivity index (χ2n) is 9.87. The predicted molar refractivity (Wildman–Crippen MR) is 145 cm³/mol. The average molecular weight is 465 g/mol. The number of fused-ring (bicyclic) bond motifs is 4. The molecule has 0 unspecified atom stereocenters. The minimum atomic E-state index is 0.747. The molecule has 4 nitrogen and oxygen atoms in total. The smallest absolute Gasteiger partial charge is 0.143 e. The van der Waals surface area contributed by atoms with Crippen molar-refractivity contribution in [2.75, 3.05) is 20.6 Å². The van der Waals surface area contributed by atoms with Gasteiger partial charge in [0.25, 0.3) is 0 Å². The quantitative estimate of drug-likeness (QED) is 0.238. The molecule has 0 spiro atoms. The maximum Gasteiger partial charge on any atom is 0.143 e. The standard InChI is InChI=1S/C31H36N4/c1-32-18-10-4-3-5-14-29-28-13-8-9-15-30(28)34-31(33-29)22-35(2)21-23-16-17-27-25(19-23)20-24-11-6-7-12-26(24)27/h6-9,11-13,15-17,19,32H,3-5,10,14,18,20-22H2,1-2H3. The molecule has 3 aromatic carbocycles. The molecule has 0 saturated heterocycles. The summed E-state index contributed by atoms with van der Waals surface area (Å²) in [5, 5.41) is 4.44. The fourth-order valence-electron chi connectivity index (χ4n) is 5.31. The van der Waals surface area contributed by atoms with Crippen LogP contribution in [0.4, 0.5) is 0 Å². The van der Waals surface area contributed by atoms with Crippen molar-refractivity contribution in [3.8, 4) is 11.1 Å². The van der Waals surface area contributed by atoms with Gasteiger partial charge >= 0.3 is 0 Å². The summed E-state index contributed by atoms with van der Waals surface area (Å²) in [6.07, 6.45) is 6.99. The Morgan fingerprint density at radius 2 is 1.60 bits per heavy atom. The summed E-state index contributed by atoms with van der Waals surface area (Å²) in [5.41, 5.74) is 9.26. The molecule has 1 N–H and O–H groups in total. The summed E-state index contributed by atoms with van der Waals surface area (Å²) in [6.45, 7) is 2.74. The molecule has 1 heterocycles. The van der Waals surface area contributed by atoms with Gasteiger partial charge in [0.1, 0.15) is 5.82 Å². The van der Waals surface area contributed by atoms with E-state index < -0.39 is 0 Å². The van der Waals surface area contributed by atoms with Gasteiger partial charge in [-0.25, -0.2) is 9.97 Å². The lowest BCUT2D eigenvalue weighted by atomic mass is 10.0. The van der Waals surface area contributed by atoms with Crippen LogP contribution in [0.2, 0.25) is 0 Å². The Morgan fingerprint density at radius 1 is 0.800 bits per heavy atom. The topological polar surface area (TPSA) is 41.1 Å². The van der Waals surface area contributed by atoms with Crippen LogP contribution in [-0.2, 0) is 25.9 Å². The Labute approximate surface area is 209 Å². The molecule has 0 atom stereocenters. The molecular formula is C31H36N4. The van der Waals surface area contributed by atoms with Crippen molar-refractivity contribution in [2.45, 2.75) is 51.6 Å². The van der Waals surface area contributed by atoms with E-state index in [9.17, 15) is 0 Å². The molecule has 0 bridgehead atoms. The first kappa shape index (κ1) is 23.7. The Morgan fingerprint density at radius 3 is 2.51 bits per heavy atom. The van der Waals surface area contributed by atoms with Crippen molar-refractivity contribution in [1.82, 2.24) is 20.2 Å². The van der Waals surface area contributed by atoms with Crippen LogP contribution in [0.15, 0.2) is 66.7 Å². The van der Waals surface area contributed by atoms with Crippen molar-refractivity contribution in [1.29, 1.82) is 0 Å². The molecule has 1 aliphatic rings. The van der Waals surface area contributed by atoms with Gasteiger partial charge in [-0.3, -0.25) is 4.90 Å². The molecular weight excluding hydrogens is 428 g/mol. The molecule has 0 saturated carbocycles. The van der Waals surface area contributed by atoms with E-state index in [1.54, 1.807) is 0 Å². The fraction of sp³-hybridized carbons (Fsp3) is 0.355. The molecule has 0 radical (unpaired) electrons. The van der Waals surface area contributed by atoms with Crippen molar-refractivity contribution in [3.05, 3.63) is 94.9 Å². The zero-order valence-electron chi connectivity index (χ0n) is 21.1. The maximum absolute atomic E-state index is 5.04. The first-order valence-electron chi connectivity index (χ1n) is 13.0. The van der Waals surface area contributed by atoms with E-state index in [-0.39, 0.29) is 0 Å². The Bertz CT molecular complexity index is 1300. The van der Waals surface area contributed by atoms with Crippen molar-refractivity contribution in [2.24, 2.45) is 0 Å². The van der Waals surface area contributed by atoms with Gasteiger partial charge in [0.2, 0.25) is 0 Å². The Kier molecular flexibility index (Phi) is 7.51. The highest BCUT2D eigenvalue weighted by molar-refractivity contribution is 5.81. The van der Waals surface area contributed by atoms with E-state index in [1.807, 2.05) is 7.05 Å². The SMILES string of the molecule is CNCCCCCCc1nc(CN(C)Cc2ccc3c(c2)Cc2ccccc2-3)nc2ccccc12. The monoisotopic (exact) mass is 464 g/mol. The predicted octanol–water partition coefficient (Wildman–Crippen LogP) is 6.16. The number of unbranched alkanes of at least 4 members (excludes halogenated alkanes) is 3. The highest BCUT2D eigenvalue weighted by atomic mass is 15.1. The van der Waals surface area contributed by atoms with Crippen LogP contribution in [0.25, 0.3) is 22.0 Å². The van der Waals surface area contributed by atoms with Gasteiger partial charge in [0, 0.05) is 11.9 Å². The molecule has 4 aromatic rings. The third kappa shape index (κ3) is 5.61. The molecule has 1 aliphatic carbocycles. The van der Waals surface area contributed by atoms with Crippen LogP contribution >= 0.6 is 0 Å². The minimum absolute atomic E-state index is 0.747. The zero-order chi connectivity index (χ0) is 24.0. The number of nitrogens with zero attached hydrogens (tertiary/aromatic N) is 3. The van der Waals surface area contributed by atoms with Gasteiger partial charge in [-0.1, -0.05) is 73.5 Å². The molecule has 35 heavy (non-hydrogen) atoms. The van der Waals surface area contributed by atoms with E-state index in [2.05, 4.69) is 84.0 Å². The summed E-state index contributed by atoms with van der Waals surface area (Å²) in [7, 11) is 4.19. The highest BCUT2D eigenvalue weighted by Gasteiger charge is 2.18. The van der Waals surface area contributed by atoms with Crippen LogP contribution in [-0.4, -0.2) is 35.5 Å². The third-order valence-corrected chi connectivity index (χ3v) is 7.04. The van der Waals surface area contributed by atoms with E-state index in [4.69, 9.17) is 9.97 Å². The highest BCUT2D eigenvalue weighted by Crippen LogP contribution is 2.36. The third-order valence-electron chi connectivity index (χ3n) is 7.04. The number of aromatic nitrogens is 2. The molecule has 1 aromatic heterocycles. The number of nitrogens with one attached hydrogen (secondary N) is 1. The van der Waals surface area contributed by atoms with E-state index in [0.29, 0.717) is 0 Å². The van der Waals surface area contributed by atoms with Crippen molar-refractivity contribution >= 4 is 10.9 Å². The summed E-state index contributed by atoms with van der Waals surface area (Å²) >= 11 is 0. The average Bonchev–Trinajstić information content (AvgIpc) is 3.23. The first-order chi connectivity index (χ1) is 17.2. The van der Waals surface area contributed by atoms with Gasteiger partial charge in [-0.05, 0) is 80.2 Å². The van der Waals surface area contributed by atoms with E-state index in [0.717, 1.165) is 43.8 Å². The van der Waals surface area contributed by atoms with Crippen molar-refractivity contribution < 1.29 is 0 Å². The van der Waals surface area contributed by atoms with Crippen LogP contribution in [0.3, 0.4) is 0 Å². The zero-order valence-corrected chi connectivity index (χ0v) is 21.1. The van der Waals surface area contributed by atoms with Gasteiger partial charge in [-0.2, -0.15) is 0 Å². The molecule has 4 heteroatoms. The summed E-state index contributed by atoms with van der Waals surface area (Å²) in [6, 6.07) is 24.2. The van der Waals surface area contributed by atoms with Gasteiger partial charge in [-0.15, -0.1) is 0 Å². The van der Waals surface area contributed by atoms with E-state index in [1.165, 1.54) is 64.6 Å². The largest absolute Gasteiger partial charge is 0.320 e.